The molecular formula is C12H22N2O5. The van der Waals surface area contributed by atoms with Crippen molar-refractivity contribution >= 4 is 18.0 Å². The van der Waals surface area contributed by atoms with Crippen molar-refractivity contribution in [2.45, 2.75) is 26.8 Å². The minimum atomic E-state index is -0.974. The lowest BCUT2D eigenvalue weighted by Crippen LogP contribution is -2.47. The quantitative estimate of drug-likeness (QED) is 0.689. The van der Waals surface area contributed by atoms with E-state index in [2.05, 4.69) is 10.1 Å². The van der Waals surface area contributed by atoms with E-state index in [1.165, 1.54) is 26.0 Å². The molecule has 19 heavy (non-hydrogen) atoms. The van der Waals surface area contributed by atoms with Crippen LogP contribution in [0.2, 0.25) is 0 Å². The van der Waals surface area contributed by atoms with Gasteiger partial charge in [-0.1, -0.05) is 6.92 Å². The van der Waals surface area contributed by atoms with Crippen LogP contribution >= 0.6 is 0 Å². The molecule has 0 aromatic heterocycles. The standard InChI is InChI=1S/C12H22N2O5/c1-7(11(17)19-5)6-14(4)12(18)13-9(3)8(2)10(15)16/h7-9H,6H2,1-5H3,(H,13,18)(H,15,16). The smallest absolute Gasteiger partial charge is 0.317 e. The Morgan fingerprint density at radius 2 is 1.79 bits per heavy atom. The number of hydrogen-bond donors (Lipinski definition) is 2. The summed E-state index contributed by atoms with van der Waals surface area (Å²) in [5, 5.41) is 11.4. The van der Waals surface area contributed by atoms with Crippen LogP contribution in [0.3, 0.4) is 0 Å². The van der Waals surface area contributed by atoms with Gasteiger partial charge in [-0.15, -0.1) is 0 Å². The number of carbonyl (C=O) groups excluding carboxylic acids is 2. The number of carbonyl (C=O) groups is 3. The van der Waals surface area contributed by atoms with Gasteiger partial charge in [0.05, 0.1) is 18.9 Å². The van der Waals surface area contributed by atoms with E-state index in [-0.39, 0.29) is 6.54 Å². The Morgan fingerprint density at radius 3 is 2.21 bits per heavy atom. The monoisotopic (exact) mass is 274 g/mol. The van der Waals surface area contributed by atoms with Crippen LogP contribution in [0.4, 0.5) is 4.79 Å². The summed E-state index contributed by atoms with van der Waals surface area (Å²) in [6, 6.07) is -0.919. The number of carboxylic acids is 1. The summed E-state index contributed by atoms with van der Waals surface area (Å²) in [4.78, 5) is 35.1. The van der Waals surface area contributed by atoms with Gasteiger partial charge in [0, 0.05) is 19.6 Å². The zero-order valence-corrected chi connectivity index (χ0v) is 12.0. The minimum absolute atomic E-state index is 0.201. The van der Waals surface area contributed by atoms with Crippen molar-refractivity contribution in [2.24, 2.45) is 11.8 Å². The Hall–Kier alpha value is -1.79. The molecule has 2 amide bonds. The molecule has 0 heterocycles. The van der Waals surface area contributed by atoms with Crippen molar-refractivity contribution in [1.29, 1.82) is 0 Å². The Labute approximate surface area is 112 Å². The van der Waals surface area contributed by atoms with Gasteiger partial charge < -0.3 is 20.1 Å². The molecule has 0 spiro atoms. The number of nitrogens with one attached hydrogen (secondary N) is 1. The first-order valence-electron chi connectivity index (χ1n) is 6.03. The molecule has 0 aliphatic rings. The second kappa shape index (κ2) is 7.60. The van der Waals surface area contributed by atoms with Crippen molar-refractivity contribution in [3.8, 4) is 0 Å². The number of esters is 1. The van der Waals surface area contributed by atoms with E-state index in [1.54, 1.807) is 13.8 Å². The summed E-state index contributed by atoms with van der Waals surface area (Å²) in [7, 11) is 2.82. The van der Waals surface area contributed by atoms with E-state index in [9.17, 15) is 14.4 Å². The highest BCUT2D eigenvalue weighted by Crippen LogP contribution is 2.05. The lowest BCUT2D eigenvalue weighted by molar-refractivity contribution is -0.145. The predicted molar refractivity (Wildman–Crippen MR) is 68.6 cm³/mol. The molecule has 0 aromatic carbocycles. The molecule has 0 fully saturated rings. The van der Waals surface area contributed by atoms with E-state index in [0.29, 0.717) is 0 Å². The number of carboxylic acid groups (broad SMARTS) is 1. The highest BCUT2D eigenvalue weighted by atomic mass is 16.5. The van der Waals surface area contributed by atoms with Crippen molar-refractivity contribution in [3.05, 3.63) is 0 Å². The molecule has 0 rings (SSSR count). The topological polar surface area (TPSA) is 95.9 Å². The minimum Gasteiger partial charge on any atom is -0.481 e. The van der Waals surface area contributed by atoms with Crippen molar-refractivity contribution in [3.63, 3.8) is 0 Å². The van der Waals surface area contributed by atoms with Crippen LogP contribution in [0.15, 0.2) is 0 Å². The van der Waals surface area contributed by atoms with Gasteiger partial charge in [0.25, 0.3) is 0 Å². The van der Waals surface area contributed by atoms with Crippen LogP contribution in [0, 0.1) is 11.8 Å². The van der Waals surface area contributed by atoms with Gasteiger partial charge in [-0.2, -0.15) is 0 Å². The van der Waals surface area contributed by atoms with E-state index in [1.807, 2.05) is 0 Å². The van der Waals surface area contributed by atoms with Gasteiger partial charge >= 0.3 is 18.0 Å². The Kier molecular flexibility index (Phi) is 6.89. The normalized spacial score (nSPS) is 15.0. The molecular weight excluding hydrogens is 252 g/mol. The molecule has 0 aliphatic heterocycles. The number of ether oxygens (including phenoxy) is 1. The average Bonchev–Trinajstić information content (AvgIpc) is 2.35. The largest absolute Gasteiger partial charge is 0.481 e. The van der Waals surface area contributed by atoms with E-state index in [0.717, 1.165) is 0 Å². The van der Waals surface area contributed by atoms with Gasteiger partial charge in [0.1, 0.15) is 0 Å². The zero-order chi connectivity index (χ0) is 15.2. The van der Waals surface area contributed by atoms with Crippen LogP contribution in [0.25, 0.3) is 0 Å². The average molecular weight is 274 g/mol. The van der Waals surface area contributed by atoms with Crippen molar-refractivity contribution < 1.29 is 24.2 Å². The summed E-state index contributed by atoms with van der Waals surface area (Å²) in [6.45, 7) is 4.99. The Morgan fingerprint density at radius 1 is 1.26 bits per heavy atom. The second-order valence-corrected chi connectivity index (χ2v) is 4.67. The third-order valence-electron chi connectivity index (χ3n) is 2.99. The number of rotatable bonds is 6. The summed E-state index contributed by atoms with van der Waals surface area (Å²) in [6.07, 6.45) is 0. The molecule has 0 radical (unpaired) electrons. The lowest BCUT2D eigenvalue weighted by atomic mass is 10.0. The maximum absolute atomic E-state index is 11.8. The highest BCUT2D eigenvalue weighted by Gasteiger charge is 2.24. The molecule has 7 nitrogen and oxygen atoms in total. The van der Waals surface area contributed by atoms with Crippen LogP contribution in [0.5, 0.6) is 0 Å². The molecule has 3 unspecified atom stereocenters. The fraction of sp³-hybridized carbons (Fsp3) is 0.750. The molecule has 0 saturated heterocycles. The summed E-state index contributed by atoms with van der Waals surface area (Å²) in [5.41, 5.74) is 0. The summed E-state index contributed by atoms with van der Waals surface area (Å²) >= 11 is 0. The molecule has 3 atom stereocenters. The molecule has 0 saturated carbocycles. The van der Waals surface area contributed by atoms with Crippen LogP contribution in [-0.4, -0.2) is 54.7 Å². The SMILES string of the molecule is COC(=O)C(C)CN(C)C(=O)NC(C)C(C)C(=O)O. The molecule has 7 heteroatoms. The number of nitrogens with zero attached hydrogens (tertiary/aromatic N) is 1. The first-order chi connectivity index (χ1) is 8.70. The van der Waals surface area contributed by atoms with Gasteiger partial charge in [-0.25, -0.2) is 4.79 Å². The third-order valence-corrected chi connectivity index (χ3v) is 2.99. The maximum Gasteiger partial charge on any atom is 0.317 e. The number of urea groups is 1. The van der Waals surface area contributed by atoms with Gasteiger partial charge in [-0.05, 0) is 13.8 Å². The maximum atomic E-state index is 11.8. The zero-order valence-electron chi connectivity index (χ0n) is 12.0. The van der Waals surface area contributed by atoms with Crippen molar-refractivity contribution in [1.82, 2.24) is 10.2 Å². The van der Waals surface area contributed by atoms with Crippen molar-refractivity contribution in [2.75, 3.05) is 20.7 Å². The summed E-state index contributed by atoms with van der Waals surface area (Å²) in [5.74, 6) is -2.49. The number of methoxy groups -OCH3 is 1. The number of amides is 2. The molecule has 2 N–H and O–H groups in total. The van der Waals surface area contributed by atoms with Gasteiger partial charge in [0.2, 0.25) is 0 Å². The Bertz CT molecular complexity index is 345. The van der Waals surface area contributed by atoms with E-state index in [4.69, 9.17) is 5.11 Å². The summed E-state index contributed by atoms with van der Waals surface area (Å²) < 4.78 is 4.57. The molecule has 0 bridgehead atoms. The predicted octanol–water partition coefficient (Wildman–Crippen LogP) is 0.546. The van der Waals surface area contributed by atoms with Gasteiger partial charge in [-0.3, -0.25) is 9.59 Å². The Balaban J connectivity index is 4.35. The van der Waals surface area contributed by atoms with Crippen LogP contribution in [0.1, 0.15) is 20.8 Å². The third kappa shape index (κ3) is 5.58. The van der Waals surface area contributed by atoms with Gasteiger partial charge in [0.15, 0.2) is 0 Å². The number of aliphatic carboxylic acids is 1. The molecule has 110 valence electrons. The highest BCUT2D eigenvalue weighted by molar-refractivity contribution is 5.77. The number of hydrogen-bond acceptors (Lipinski definition) is 4. The lowest BCUT2D eigenvalue weighted by Gasteiger charge is -2.24. The van der Waals surface area contributed by atoms with E-state index >= 15 is 0 Å². The molecule has 0 aliphatic carbocycles. The first kappa shape index (κ1) is 17.2. The first-order valence-corrected chi connectivity index (χ1v) is 6.03. The fourth-order valence-electron chi connectivity index (χ4n) is 1.41. The second-order valence-electron chi connectivity index (χ2n) is 4.67. The van der Waals surface area contributed by atoms with Crippen LogP contribution < -0.4 is 5.32 Å². The van der Waals surface area contributed by atoms with Crippen LogP contribution in [-0.2, 0) is 14.3 Å². The molecule has 0 aromatic rings. The van der Waals surface area contributed by atoms with E-state index < -0.39 is 35.8 Å². The fourth-order valence-corrected chi connectivity index (χ4v) is 1.41.